The van der Waals surface area contributed by atoms with E-state index in [1.54, 1.807) is 12.1 Å². The second kappa shape index (κ2) is 5.85. The predicted octanol–water partition coefficient (Wildman–Crippen LogP) is 3.44. The van der Waals surface area contributed by atoms with Gasteiger partial charge in [0, 0.05) is 0 Å². The van der Waals surface area contributed by atoms with Crippen molar-refractivity contribution < 1.29 is 9.13 Å². The van der Waals surface area contributed by atoms with Gasteiger partial charge in [-0.05, 0) is 35.2 Å². The van der Waals surface area contributed by atoms with Crippen LogP contribution in [0.1, 0.15) is 29.7 Å². The van der Waals surface area contributed by atoms with Crippen molar-refractivity contribution in [3.8, 4) is 5.75 Å². The summed E-state index contributed by atoms with van der Waals surface area (Å²) in [6, 6.07) is 12.6. The molecule has 2 aromatic rings. The van der Waals surface area contributed by atoms with Crippen LogP contribution in [0.5, 0.6) is 5.75 Å². The molecule has 0 saturated carbocycles. The number of methoxy groups -OCH3 is 1. The Kier molecular flexibility index (Phi) is 4.17. The summed E-state index contributed by atoms with van der Waals surface area (Å²) < 4.78 is 18.4. The Balaban J connectivity index is 2.35. The molecule has 0 radical (unpaired) electrons. The number of halogens is 1. The number of nitrogens with two attached hydrogens (primary N) is 1. The molecule has 0 aliphatic carbocycles. The van der Waals surface area contributed by atoms with E-state index in [1.807, 2.05) is 12.1 Å². The summed E-state index contributed by atoms with van der Waals surface area (Å²) in [5.41, 5.74) is 9.33. The Hall–Kier alpha value is -1.87. The molecule has 1 unspecified atom stereocenters. The molecule has 100 valence electrons. The minimum absolute atomic E-state index is 0.222. The molecule has 2 rings (SSSR count). The molecule has 2 nitrogen and oxygen atoms in total. The molecule has 0 amide bonds. The van der Waals surface area contributed by atoms with Gasteiger partial charge in [0.2, 0.25) is 0 Å². The average Bonchev–Trinajstić information content (AvgIpc) is 2.47. The molecule has 0 aliphatic heterocycles. The zero-order valence-electron chi connectivity index (χ0n) is 11.2. The second-order valence-corrected chi connectivity index (χ2v) is 4.47. The lowest BCUT2D eigenvalue weighted by molar-refractivity contribution is 0.385. The topological polar surface area (TPSA) is 35.2 Å². The molecule has 19 heavy (non-hydrogen) atoms. The largest absolute Gasteiger partial charge is 0.494 e. The normalized spacial score (nSPS) is 12.2. The molecule has 1 atom stereocenters. The predicted molar refractivity (Wildman–Crippen MR) is 74.8 cm³/mol. The molecule has 3 heteroatoms. The monoisotopic (exact) mass is 259 g/mol. The van der Waals surface area contributed by atoms with E-state index in [0.717, 1.165) is 17.5 Å². The van der Waals surface area contributed by atoms with Gasteiger partial charge in [0.15, 0.2) is 11.6 Å². The fourth-order valence-corrected chi connectivity index (χ4v) is 2.07. The Morgan fingerprint density at radius 3 is 2.58 bits per heavy atom. The smallest absolute Gasteiger partial charge is 0.165 e. The van der Waals surface area contributed by atoms with Crippen LogP contribution in [0.4, 0.5) is 4.39 Å². The first-order valence-corrected chi connectivity index (χ1v) is 6.33. The van der Waals surface area contributed by atoms with Crippen LogP contribution in [0.15, 0.2) is 42.5 Å². The van der Waals surface area contributed by atoms with E-state index < -0.39 is 0 Å². The molecule has 0 aromatic heterocycles. The first-order valence-electron chi connectivity index (χ1n) is 6.33. The summed E-state index contributed by atoms with van der Waals surface area (Å²) in [6.45, 7) is 2.10. The van der Waals surface area contributed by atoms with Crippen LogP contribution in [0.3, 0.4) is 0 Å². The standard InChI is InChI=1S/C16H18FNO/c1-3-11-5-4-6-12(9-11)16(18)13-7-8-14(17)15(10-13)19-2/h4-10,16H,3,18H2,1-2H3. The van der Waals surface area contributed by atoms with Crippen molar-refractivity contribution in [2.45, 2.75) is 19.4 Å². The molecular weight excluding hydrogens is 241 g/mol. The highest BCUT2D eigenvalue weighted by atomic mass is 19.1. The third kappa shape index (κ3) is 2.93. The highest BCUT2D eigenvalue weighted by Crippen LogP contribution is 2.26. The Labute approximate surface area is 113 Å². The van der Waals surface area contributed by atoms with E-state index in [0.29, 0.717) is 0 Å². The maximum Gasteiger partial charge on any atom is 0.165 e. The van der Waals surface area contributed by atoms with Crippen LogP contribution in [0, 0.1) is 5.82 Å². The summed E-state index contributed by atoms with van der Waals surface area (Å²) in [4.78, 5) is 0. The van der Waals surface area contributed by atoms with Gasteiger partial charge in [-0.3, -0.25) is 0 Å². The fraction of sp³-hybridized carbons (Fsp3) is 0.250. The lowest BCUT2D eigenvalue weighted by Crippen LogP contribution is -2.12. The van der Waals surface area contributed by atoms with Crippen LogP contribution < -0.4 is 10.5 Å². The van der Waals surface area contributed by atoms with Crippen molar-refractivity contribution in [3.05, 3.63) is 65.0 Å². The third-order valence-corrected chi connectivity index (χ3v) is 3.25. The number of aryl methyl sites for hydroxylation is 1. The van der Waals surface area contributed by atoms with Crippen molar-refractivity contribution in [1.82, 2.24) is 0 Å². The quantitative estimate of drug-likeness (QED) is 0.912. The molecule has 0 spiro atoms. The van der Waals surface area contributed by atoms with Crippen molar-refractivity contribution in [3.63, 3.8) is 0 Å². The number of hydrogen-bond donors (Lipinski definition) is 1. The minimum Gasteiger partial charge on any atom is -0.494 e. The van der Waals surface area contributed by atoms with Gasteiger partial charge in [-0.15, -0.1) is 0 Å². The first-order chi connectivity index (χ1) is 9.15. The van der Waals surface area contributed by atoms with Crippen molar-refractivity contribution in [2.24, 2.45) is 5.73 Å². The first kappa shape index (κ1) is 13.6. The average molecular weight is 259 g/mol. The highest BCUT2D eigenvalue weighted by molar-refractivity contribution is 5.38. The summed E-state index contributed by atoms with van der Waals surface area (Å²) in [6.07, 6.45) is 0.966. The Morgan fingerprint density at radius 1 is 1.16 bits per heavy atom. The fourth-order valence-electron chi connectivity index (χ4n) is 2.07. The summed E-state index contributed by atoms with van der Waals surface area (Å²) >= 11 is 0. The van der Waals surface area contributed by atoms with Crippen LogP contribution >= 0.6 is 0 Å². The number of hydrogen-bond acceptors (Lipinski definition) is 2. The van der Waals surface area contributed by atoms with Gasteiger partial charge in [0.1, 0.15) is 0 Å². The minimum atomic E-state index is -0.374. The molecule has 0 bridgehead atoms. The second-order valence-electron chi connectivity index (χ2n) is 4.47. The van der Waals surface area contributed by atoms with E-state index >= 15 is 0 Å². The summed E-state index contributed by atoms with van der Waals surface area (Å²) in [5, 5.41) is 0. The summed E-state index contributed by atoms with van der Waals surface area (Å²) in [5.74, 6) is -0.152. The lowest BCUT2D eigenvalue weighted by atomic mass is 9.97. The maximum atomic E-state index is 13.4. The molecular formula is C16H18FNO. The van der Waals surface area contributed by atoms with E-state index in [9.17, 15) is 4.39 Å². The maximum absolute atomic E-state index is 13.4. The van der Waals surface area contributed by atoms with Crippen LogP contribution in [-0.2, 0) is 6.42 Å². The van der Waals surface area contributed by atoms with Gasteiger partial charge < -0.3 is 10.5 Å². The van der Waals surface area contributed by atoms with E-state index in [1.165, 1.54) is 18.7 Å². The molecule has 2 aromatic carbocycles. The van der Waals surface area contributed by atoms with Crippen LogP contribution in [0.2, 0.25) is 0 Å². The zero-order valence-corrected chi connectivity index (χ0v) is 11.2. The highest BCUT2D eigenvalue weighted by Gasteiger charge is 2.12. The van der Waals surface area contributed by atoms with Crippen LogP contribution in [-0.4, -0.2) is 7.11 Å². The van der Waals surface area contributed by atoms with Crippen molar-refractivity contribution in [2.75, 3.05) is 7.11 Å². The Bertz CT molecular complexity index is 568. The number of rotatable bonds is 4. The van der Waals surface area contributed by atoms with Gasteiger partial charge in [-0.2, -0.15) is 0 Å². The van der Waals surface area contributed by atoms with Gasteiger partial charge >= 0.3 is 0 Å². The van der Waals surface area contributed by atoms with E-state index in [4.69, 9.17) is 10.5 Å². The van der Waals surface area contributed by atoms with Gasteiger partial charge in [0.25, 0.3) is 0 Å². The number of ether oxygens (including phenoxy) is 1. The molecule has 2 N–H and O–H groups in total. The Morgan fingerprint density at radius 2 is 1.89 bits per heavy atom. The third-order valence-electron chi connectivity index (χ3n) is 3.25. The van der Waals surface area contributed by atoms with Gasteiger partial charge in [-0.1, -0.05) is 37.3 Å². The van der Waals surface area contributed by atoms with Crippen molar-refractivity contribution in [1.29, 1.82) is 0 Å². The van der Waals surface area contributed by atoms with E-state index in [2.05, 4.69) is 19.1 Å². The molecule has 0 aliphatic rings. The van der Waals surface area contributed by atoms with Gasteiger partial charge in [-0.25, -0.2) is 4.39 Å². The number of benzene rings is 2. The zero-order chi connectivity index (χ0) is 13.8. The van der Waals surface area contributed by atoms with Gasteiger partial charge in [0.05, 0.1) is 13.2 Å². The lowest BCUT2D eigenvalue weighted by Gasteiger charge is -2.15. The van der Waals surface area contributed by atoms with E-state index in [-0.39, 0.29) is 17.6 Å². The molecule has 0 saturated heterocycles. The van der Waals surface area contributed by atoms with Crippen LogP contribution in [0.25, 0.3) is 0 Å². The summed E-state index contributed by atoms with van der Waals surface area (Å²) in [7, 11) is 1.45. The molecule has 0 heterocycles. The van der Waals surface area contributed by atoms with Crippen molar-refractivity contribution >= 4 is 0 Å². The molecule has 0 fully saturated rings. The SMILES string of the molecule is CCc1cccc(C(N)c2ccc(F)c(OC)c2)c1.